The molecule has 0 spiro atoms. The summed E-state index contributed by atoms with van der Waals surface area (Å²) in [5.41, 5.74) is 0.854. The molecule has 1 aliphatic rings. The molecule has 1 saturated heterocycles. The predicted molar refractivity (Wildman–Crippen MR) is 115 cm³/mol. The van der Waals surface area contributed by atoms with E-state index in [1.54, 1.807) is 0 Å². The van der Waals surface area contributed by atoms with Gasteiger partial charge in [0.25, 0.3) is 0 Å². The summed E-state index contributed by atoms with van der Waals surface area (Å²) in [6, 6.07) is 16.0. The summed E-state index contributed by atoms with van der Waals surface area (Å²) in [5.74, 6) is 1.82. The second kappa shape index (κ2) is 8.55. The smallest absolute Gasteiger partial charge is 0.318 e. The first kappa shape index (κ1) is 19.3. The van der Waals surface area contributed by atoms with Crippen molar-refractivity contribution in [2.75, 3.05) is 24.5 Å². The largest absolute Gasteiger partial charge is 0.459 e. The Kier molecular flexibility index (Phi) is 5.69. The minimum atomic E-state index is -0.124. The van der Waals surface area contributed by atoms with E-state index in [-0.39, 0.29) is 18.1 Å². The average Bonchev–Trinajstić information content (AvgIpc) is 3.20. The second-order valence-corrected chi connectivity index (χ2v) is 7.55. The number of nitrogens with zero attached hydrogens (tertiary/aromatic N) is 3. The lowest BCUT2D eigenvalue weighted by Crippen LogP contribution is -2.49. The second-order valence-electron chi connectivity index (χ2n) is 7.55. The van der Waals surface area contributed by atoms with Crippen LogP contribution in [0.3, 0.4) is 0 Å². The lowest BCUT2D eigenvalue weighted by atomic mass is 10.1. The molecule has 4 rings (SSSR count). The maximum absolute atomic E-state index is 13.0. The molecule has 1 atom stereocenters. The van der Waals surface area contributed by atoms with Crippen LogP contribution in [0, 0.1) is 0 Å². The number of fused-ring (bicyclic) bond motifs is 1. The van der Waals surface area contributed by atoms with Crippen LogP contribution >= 0.6 is 0 Å². The van der Waals surface area contributed by atoms with E-state index in [1.807, 2.05) is 73.5 Å². The molecule has 0 radical (unpaired) electrons. The van der Waals surface area contributed by atoms with Gasteiger partial charge in [-0.1, -0.05) is 24.3 Å². The highest BCUT2D eigenvalue weighted by Gasteiger charge is 2.27. The van der Waals surface area contributed by atoms with E-state index >= 15 is 0 Å². The van der Waals surface area contributed by atoms with Crippen molar-refractivity contribution in [3.05, 3.63) is 60.5 Å². The molecular weight excluding hydrogens is 364 g/mol. The van der Waals surface area contributed by atoms with Crippen LogP contribution in [0.4, 0.5) is 10.6 Å². The Bertz CT molecular complexity index is 915. The monoisotopic (exact) mass is 392 g/mol. The van der Waals surface area contributed by atoms with Gasteiger partial charge in [0.05, 0.1) is 6.04 Å². The zero-order valence-electron chi connectivity index (χ0n) is 17.0. The van der Waals surface area contributed by atoms with Crippen LogP contribution < -0.4 is 10.2 Å². The molecule has 0 unspecified atom stereocenters. The molecule has 3 heterocycles. The fourth-order valence-corrected chi connectivity index (χ4v) is 4.01. The van der Waals surface area contributed by atoms with Crippen molar-refractivity contribution in [2.24, 2.45) is 0 Å². The lowest BCUT2D eigenvalue weighted by Gasteiger charge is -2.35. The van der Waals surface area contributed by atoms with Gasteiger partial charge in [-0.3, -0.25) is 0 Å². The van der Waals surface area contributed by atoms with Crippen LogP contribution in [0.5, 0.6) is 0 Å². The molecule has 152 valence electrons. The summed E-state index contributed by atoms with van der Waals surface area (Å²) in [6.07, 6.45) is 3.65. The number of anilines is 1. The predicted octanol–water partition coefficient (Wildman–Crippen LogP) is 4.59. The number of furan rings is 1. The normalized spacial score (nSPS) is 16.0. The Hall–Kier alpha value is -3.02. The van der Waals surface area contributed by atoms with Gasteiger partial charge in [0.2, 0.25) is 0 Å². The number of carbonyl (C=O) groups is 1. The van der Waals surface area contributed by atoms with Gasteiger partial charge in [-0.25, -0.2) is 9.78 Å². The van der Waals surface area contributed by atoms with E-state index in [4.69, 9.17) is 4.42 Å². The number of carbonyl (C=O) groups excluding carboxylic acids is 1. The number of hydrogen-bond acceptors (Lipinski definition) is 4. The van der Waals surface area contributed by atoms with Gasteiger partial charge in [-0.05, 0) is 51.0 Å². The molecule has 0 aliphatic carbocycles. The molecule has 1 aromatic carbocycles. The molecule has 3 aromatic rings. The van der Waals surface area contributed by atoms with E-state index in [1.165, 1.54) is 0 Å². The van der Waals surface area contributed by atoms with Gasteiger partial charge in [0.1, 0.15) is 17.2 Å². The lowest BCUT2D eigenvalue weighted by molar-refractivity contribution is 0.170. The van der Waals surface area contributed by atoms with Crippen molar-refractivity contribution in [1.82, 2.24) is 15.2 Å². The van der Waals surface area contributed by atoms with Gasteiger partial charge in [0, 0.05) is 37.3 Å². The van der Waals surface area contributed by atoms with Crippen LogP contribution in [-0.4, -0.2) is 41.6 Å². The summed E-state index contributed by atoms with van der Waals surface area (Å²) in [6.45, 7) is 6.43. The number of amides is 2. The highest BCUT2D eigenvalue weighted by atomic mass is 16.3. The van der Waals surface area contributed by atoms with Crippen molar-refractivity contribution in [3.8, 4) is 0 Å². The fraction of sp³-hybridized carbons (Fsp3) is 0.391. The number of para-hydroxylation sites is 1. The number of rotatable bonds is 5. The van der Waals surface area contributed by atoms with Crippen LogP contribution in [0.1, 0.15) is 38.5 Å². The minimum absolute atomic E-state index is 0.0308. The zero-order chi connectivity index (χ0) is 20.2. The molecule has 6 nitrogen and oxygen atoms in total. The van der Waals surface area contributed by atoms with E-state index in [9.17, 15) is 4.79 Å². The molecule has 2 amide bonds. The minimum Gasteiger partial charge on any atom is -0.459 e. The van der Waals surface area contributed by atoms with E-state index in [0.29, 0.717) is 6.54 Å². The number of benzene rings is 1. The third-order valence-corrected chi connectivity index (χ3v) is 5.72. The standard InChI is InChI=1S/C23H28N4O2/c1-3-27(17(2)21-16-18-8-4-5-9-20(18)29-21)23(28)25-19-11-14-26(15-12-19)22-10-6-7-13-24-22/h4-10,13,16-17,19H,3,11-12,14-15H2,1-2H3,(H,25,28)/t17-/m0/s1. The molecule has 1 aliphatic heterocycles. The number of pyridine rings is 1. The summed E-state index contributed by atoms with van der Waals surface area (Å²) < 4.78 is 5.98. The maximum Gasteiger partial charge on any atom is 0.318 e. The Morgan fingerprint density at radius 2 is 2.00 bits per heavy atom. The Balaban J connectivity index is 1.36. The van der Waals surface area contributed by atoms with Gasteiger partial charge >= 0.3 is 6.03 Å². The summed E-state index contributed by atoms with van der Waals surface area (Å²) in [4.78, 5) is 21.5. The van der Waals surface area contributed by atoms with Crippen LogP contribution in [0.25, 0.3) is 11.0 Å². The number of urea groups is 1. The van der Waals surface area contributed by atoms with Crippen LogP contribution in [0.15, 0.2) is 59.1 Å². The number of nitrogens with one attached hydrogen (secondary N) is 1. The van der Waals surface area contributed by atoms with Crippen molar-refractivity contribution < 1.29 is 9.21 Å². The first-order valence-electron chi connectivity index (χ1n) is 10.4. The first-order chi connectivity index (χ1) is 14.2. The summed E-state index contributed by atoms with van der Waals surface area (Å²) in [7, 11) is 0. The molecule has 6 heteroatoms. The van der Waals surface area contributed by atoms with Gasteiger partial charge in [0.15, 0.2) is 0 Å². The van der Waals surface area contributed by atoms with Gasteiger partial charge in [-0.15, -0.1) is 0 Å². The van der Waals surface area contributed by atoms with Gasteiger partial charge < -0.3 is 19.5 Å². The molecule has 29 heavy (non-hydrogen) atoms. The molecule has 1 fully saturated rings. The summed E-state index contributed by atoms with van der Waals surface area (Å²) >= 11 is 0. The Morgan fingerprint density at radius 1 is 1.24 bits per heavy atom. The van der Waals surface area contributed by atoms with Crippen molar-refractivity contribution in [2.45, 2.75) is 38.8 Å². The molecule has 0 bridgehead atoms. The molecule has 1 N–H and O–H groups in total. The Morgan fingerprint density at radius 3 is 2.69 bits per heavy atom. The molecule has 2 aromatic heterocycles. The number of hydrogen-bond donors (Lipinski definition) is 1. The third kappa shape index (κ3) is 4.21. The van der Waals surface area contributed by atoms with Crippen LogP contribution in [0.2, 0.25) is 0 Å². The highest BCUT2D eigenvalue weighted by molar-refractivity contribution is 5.78. The van der Waals surface area contributed by atoms with Crippen molar-refractivity contribution in [1.29, 1.82) is 0 Å². The average molecular weight is 393 g/mol. The third-order valence-electron chi connectivity index (χ3n) is 5.72. The van der Waals surface area contributed by atoms with Crippen LogP contribution in [-0.2, 0) is 0 Å². The SMILES string of the molecule is CCN(C(=O)NC1CCN(c2ccccn2)CC1)[C@@H](C)c1cc2ccccc2o1. The van der Waals surface area contributed by atoms with E-state index in [2.05, 4.69) is 15.2 Å². The van der Waals surface area contributed by atoms with Crippen molar-refractivity contribution in [3.63, 3.8) is 0 Å². The topological polar surface area (TPSA) is 61.6 Å². The number of piperidine rings is 1. The maximum atomic E-state index is 13.0. The molecule has 0 saturated carbocycles. The zero-order valence-corrected chi connectivity index (χ0v) is 17.0. The van der Waals surface area contributed by atoms with E-state index in [0.717, 1.165) is 48.5 Å². The summed E-state index contributed by atoms with van der Waals surface area (Å²) in [5, 5.41) is 4.29. The van der Waals surface area contributed by atoms with Gasteiger partial charge in [-0.2, -0.15) is 0 Å². The van der Waals surface area contributed by atoms with Crippen molar-refractivity contribution >= 4 is 22.8 Å². The first-order valence-corrected chi connectivity index (χ1v) is 10.4. The number of aromatic nitrogens is 1. The highest BCUT2D eigenvalue weighted by Crippen LogP contribution is 2.27. The quantitative estimate of drug-likeness (QED) is 0.690. The van der Waals surface area contributed by atoms with E-state index < -0.39 is 0 Å². The molecular formula is C23H28N4O2. The fourth-order valence-electron chi connectivity index (χ4n) is 4.01. The Labute approximate surface area is 171 Å².